The number of hydrogen-bond acceptors (Lipinski definition) is 3. The van der Waals surface area contributed by atoms with Gasteiger partial charge >= 0.3 is 6.09 Å². The van der Waals surface area contributed by atoms with Gasteiger partial charge in [0.2, 0.25) is 0 Å². The molecule has 0 rings (SSSR count). The Kier molecular flexibility index (Phi) is 4.98. The van der Waals surface area contributed by atoms with Crippen LogP contribution in [-0.4, -0.2) is 29.9 Å². The van der Waals surface area contributed by atoms with Gasteiger partial charge in [0.05, 0.1) is 12.4 Å². The van der Waals surface area contributed by atoms with Crippen molar-refractivity contribution in [3.63, 3.8) is 0 Å². The van der Waals surface area contributed by atoms with Crippen molar-refractivity contribution in [1.29, 1.82) is 0 Å². The van der Waals surface area contributed by atoms with E-state index >= 15 is 0 Å². The van der Waals surface area contributed by atoms with Gasteiger partial charge in [-0.3, -0.25) is 4.79 Å². The highest BCUT2D eigenvalue weighted by Gasteiger charge is 2.23. The van der Waals surface area contributed by atoms with Gasteiger partial charge in [0.25, 0.3) is 0 Å². The SMILES string of the molecule is COC(=O)NC(C)(C)CC(=O)CBr. The molecule has 0 aliphatic rings. The first kappa shape index (κ1) is 12.4. The molecule has 0 aromatic heterocycles. The molecule has 0 heterocycles. The van der Waals surface area contributed by atoms with Gasteiger partial charge in [0.1, 0.15) is 5.78 Å². The van der Waals surface area contributed by atoms with Gasteiger partial charge < -0.3 is 10.1 Å². The van der Waals surface area contributed by atoms with E-state index in [0.717, 1.165) is 0 Å². The summed E-state index contributed by atoms with van der Waals surface area (Å²) in [5.74, 6) is 0.0430. The molecule has 13 heavy (non-hydrogen) atoms. The summed E-state index contributed by atoms with van der Waals surface area (Å²) in [7, 11) is 1.29. The highest BCUT2D eigenvalue weighted by molar-refractivity contribution is 9.09. The van der Waals surface area contributed by atoms with Crippen molar-refractivity contribution >= 4 is 27.8 Å². The van der Waals surface area contributed by atoms with Crippen LogP contribution in [0, 0.1) is 0 Å². The molecule has 0 aliphatic heterocycles. The number of alkyl halides is 1. The number of nitrogens with one attached hydrogen (secondary N) is 1. The topological polar surface area (TPSA) is 55.4 Å². The van der Waals surface area contributed by atoms with Gasteiger partial charge in [-0.2, -0.15) is 0 Å². The first-order chi connectivity index (χ1) is 5.91. The molecule has 0 saturated carbocycles. The molecule has 5 heteroatoms. The highest BCUT2D eigenvalue weighted by Crippen LogP contribution is 2.09. The van der Waals surface area contributed by atoms with Gasteiger partial charge in [0, 0.05) is 12.0 Å². The number of halogens is 1. The van der Waals surface area contributed by atoms with Crippen LogP contribution < -0.4 is 5.32 Å². The third-order valence-electron chi connectivity index (χ3n) is 1.41. The monoisotopic (exact) mass is 251 g/mol. The Morgan fingerprint density at radius 3 is 2.38 bits per heavy atom. The van der Waals surface area contributed by atoms with E-state index in [2.05, 4.69) is 26.0 Å². The highest BCUT2D eigenvalue weighted by atomic mass is 79.9. The average molecular weight is 252 g/mol. The number of carbonyl (C=O) groups is 2. The molecule has 0 bridgehead atoms. The fourth-order valence-electron chi connectivity index (χ4n) is 0.912. The summed E-state index contributed by atoms with van der Waals surface area (Å²) in [5, 5.41) is 2.87. The Balaban J connectivity index is 4.07. The standard InChI is InChI=1S/C8H14BrNO3/c1-8(2,4-6(11)5-9)10-7(12)13-3/h4-5H2,1-3H3,(H,10,12). The minimum atomic E-state index is -0.558. The smallest absolute Gasteiger partial charge is 0.407 e. The summed E-state index contributed by atoms with van der Waals surface area (Å²) < 4.78 is 4.43. The zero-order chi connectivity index (χ0) is 10.5. The number of ketones is 1. The third-order valence-corrected chi connectivity index (χ3v) is 2.04. The van der Waals surface area contributed by atoms with E-state index in [0.29, 0.717) is 5.33 Å². The first-order valence-electron chi connectivity index (χ1n) is 3.85. The van der Waals surface area contributed by atoms with Crippen LogP contribution in [0.4, 0.5) is 4.79 Å². The Morgan fingerprint density at radius 1 is 1.46 bits per heavy atom. The van der Waals surface area contributed by atoms with Crippen LogP contribution in [-0.2, 0) is 9.53 Å². The van der Waals surface area contributed by atoms with Crippen LogP contribution in [0.15, 0.2) is 0 Å². The second-order valence-corrected chi connectivity index (χ2v) is 3.91. The fourth-order valence-corrected chi connectivity index (χ4v) is 1.11. The number of methoxy groups -OCH3 is 1. The van der Waals surface area contributed by atoms with E-state index in [-0.39, 0.29) is 12.2 Å². The maximum Gasteiger partial charge on any atom is 0.407 e. The van der Waals surface area contributed by atoms with Crippen molar-refractivity contribution in [2.75, 3.05) is 12.4 Å². The number of amides is 1. The number of hydrogen-bond donors (Lipinski definition) is 1. The third kappa shape index (κ3) is 5.63. The molecular formula is C8H14BrNO3. The molecule has 0 unspecified atom stereocenters. The average Bonchev–Trinajstić information content (AvgIpc) is 2.02. The maximum atomic E-state index is 11.1. The molecular weight excluding hydrogens is 238 g/mol. The van der Waals surface area contributed by atoms with Crippen LogP contribution in [0.1, 0.15) is 20.3 Å². The van der Waals surface area contributed by atoms with Crippen molar-refractivity contribution < 1.29 is 14.3 Å². The minimum Gasteiger partial charge on any atom is -0.453 e. The van der Waals surface area contributed by atoms with E-state index < -0.39 is 11.6 Å². The Bertz CT molecular complexity index is 184. The normalized spacial score (nSPS) is 10.8. The maximum absolute atomic E-state index is 11.1. The summed E-state index contributed by atoms with van der Waals surface area (Å²) in [4.78, 5) is 21.9. The number of alkyl carbamates (subject to hydrolysis) is 1. The predicted octanol–water partition coefficient (Wildman–Crippen LogP) is 1.48. The molecule has 0 fully saturated rings. The van der Waals surface area contributed by atoms with Gasteiger partial charge in [-0.15, -0.1) is 0 Å². The molecule has 0 saturated heterocycles. The summed E-state index contributed by atoms with van der Waals surface area (Å²) in [6.45, 7) is 3.54. The molecule has 0 aliphatic carbocycles. The largest absolute Gasteiger partial charge is 0.453 e. The van der Waals surface area contributed by atoms with Gasteiger partial charge in [-0.05, 0) is 13.8 Å². The lowest BCUT2D eigenvalue weighted by Crippen LogP contribution is -2.45. The number of carbonyl (C=O) groups excluding carboxylic acids is 2. The quantitative estimate of drug-likeness (QED) is 0.771. The van der Waals surface area contributed by atoms with Crippen molar-refractivity contribution in [2.45, 2.75) is 25.8 Å². The Hall–Kier alpha value is -0.580. The molecule has 0 aromatic carbocycles. The van der Waals surface area contributed by atoms with Crippen LogP contribution in [0.3, 0.4) is 0 Å². The number of rotatable bonds is 4. The first-order valence-corrected chi connectivity index (χ1v) is 4.97. The zero-order valence-corrected chi connectivity index (χ0v) is 9.60. The Morgan fingerprint density at radius 2 is 2.00 bits per heavy atom. The predicted molar refractivity (Wildman–Crippen MR) is 53.0 cm³/mol. The number of ether oxygens (including phenoxy) is 1. The van der Waals surface area contributed by atoms with Crippen LogP contribution in [0.25, 0.3) is 0 Å². The van der Waals surface area contributed by atoms with Crippen molar-refractivity contribution in [3.05, 3.63) is 0 Å². The van der Waals surface area contributed by atoms with Crippen LogP contribution >= 0.6 is 15.9 Å². The summed E-state index contributed by atoms with van der Waals surface area (Å²) in [6, 6.07) is 0. The second-order valence-electron chi connectivity index (χ2n) is 3.35. The molecule has 1 amide bonds. The number of Topliss-reactive ketones (excluding diaryl/α,β-unsaturated/α-hetero) is 1. The van der Waals surface area contributed by atoms with Crippen LogP contribution in [0.5, 0.6) is 0 Å². The molecule has 0 radical (unpaired) electrons. The lowest BCUT2D eigenvalue weighted by Gasteiger charge is -2.24. The van der Waals surface area contributed by atoms with E-state index in [4.69, 9.17) is 0 Å². The zero-order valence-electron chi connectivity index (χ0n) is 8.02. The van der Waals surface area contributed by atoms with E-state index in [9.17, 15) is 9.59 Å². The lowest BCUT2D eigenvalue weighted by molar-refractivity contribution is -0.117. The van der Waals surface area contributed by atoms with Crippen LogP contribution in [0.2, 0.25) is 0 Å². The molecule has 0 aromatic rings. The fraction of sp³-hybridized carbons (Fsp3) is 0.750. The van der Waals surface area contributed by atoms with E-state index in [1.165, 1.54) is 7.11 Å². The summed E-state index contributed by atoms with van der Waals surface area (Å²) in [5.41, 5.74) is -0.558. The molecule has 1 N–H and O–H groups in total. The van der Waals surface area contributed by atoms with E-state index in [1.54, 1.807) is 13.8 Å². The second kappa shape index (κ2) is 5.21. The van der Waals surface area contributed by atoms with Gasteiger partial charge in [-0.25, -0.2) is 4.79 Å². The van der Waals surface area contributed by atoms with Gasteiger partial charge in [-0.1, -0.05) is 15.9 Å². The summed E-state index contributed by atoms with van der Waals surface area (Å²) in [6.07, 6.45) is -0.236. The Labute approximate surface area is 86.1 Å². The molecule has 4 nitrogen and oxygen atoms in total. The summed E-state index contributed by atoms with van der Waals surface area (Å²) >= 11 is 3.06. The molecule has 76 valence electrons. The van der Waals surface area contributed by atoms with Crippen molar-refractivity contribution in [2.24, 2.45) is 0 Å². The van der Waals surface area contributed by atoms with E-state index in [1.807, 2.05) is 0 Å². The van der Waals surface area contributed by atoms with Crippen molar-refractivity contribution in [1.82, 2.24) is 5.32 Å². The lowest BCUT2D eigenvalue weighted by atomic mass is 9.99. The van der Waals surface area contributed by atoms with Crippen molar-refractivity contribution in [3.8, 4) is 0 Å². The molecule has 0 spiro atoms. The van der Waals surface area contributed by atoms with Gasteiger partial charge in [0.15, 0.2) is 0 Å². The molecule has 0 atom stereocenters. The minimum absolute atomic E-state index is 0.0430.